The van der Waals surface area contributed by atoms with Gasteiger partial charge in [0.25, 0.3) is 0 Å². The van der Waals surface area contributed by atoms with Crippen molar-refractivity contribution in [1.82, 2.24) is 5.32 Å². The number of hydrogen-bond acceptors (Lipinski definition) is 1. The largest absolute Gasteiger partial charge is 0.349 e. The van der Waals surface area contributed by atoms with Crippen LogP contribution in [-0.2, 0) is 4.79 Å². The van der Waals surface area contributed by atoms with Gasteiger partial charge in [-0.3, -0.25) is 4.79 Å². The van der Waals surface area contributed by atoms with E-state index in [0.717, 1.165) is 17.7 Å². The summed E-state index contributed by atoms with van der Waals surface area (Å²) >= 11 is 0. The van der Waals surface area contributed by atoms with Gasteiger partial charge in [-0.2, -0.15) is 0 Å². The van der Waals surface area contributed by atoms with Gasteiger partial charge in [0.2, 0.25) is 5.91 Å². The van der Waals surface area contributed by atoms with E-state index in [0.29, 0.717) is 0 Å². The Bertz CT molecular complexity index is 158. The third kappa shape index (κ3) is 0.619. The first-order valence-corrected chi connectivity index (χ1v) is 2.66. The summed E-state index contributed by atoms with van der Waals surface area (Å²) in [6.45, 7) is 4.55. The minimum absolute atomic E-state index is 0.0856. The molecule has 44 valence electrons. The third-order valence-corrected chi connectivity index (χ3v) is 1.49. The fraction of sp³-hybridized carbons (Fsp3) is 0.500. The van der Waals surface area contributed by atoms with Crippen molar-refractivity contribution in [1.29, 1.82) is 0 Å². The van der Waals surface area contributed by atoms with Crippen molar-refractivity contribution in [3.63, 3.8) is 0 Å². The number of carbonyl (C=O) groups excluding carboxylic acids is 1. The Morgan fingerprint density at radius 3 is 2.25 bits per heavy atom. The average Bonchev–Trinajstić information content (AvgIpc) is 1.98. The van der Waals surface area contributed by atoms with Crippen LogP contribution in [0.15, 0.2) is 11.1 Å². The van der Waals surface area contributed by atoms with Gasteiger partial charge in [0, 0.05) is 12.1 Å². The summed E-state index contributed by atoms with van der Waals surface area (Å²) in [5.41, 5.74) is 2.04. The predicted octanol–water partition coefficient (Wildman–Crippen LogP) is 0.453. The lowest BCUT2D eigenvalue weighted by Crippen LogP contribution is -2.16. The van der Waals surface area contributed by atoms with Gasteiger partial charge in [0.1, 0.15) is 0 Å². The zero-order valence-corrected chi connectivity index (χ0v) is 5.12. The van der Waals surface area contributed by atoms with Crippen LogP contribution in [0.5, 0.6) is 0 Å². The summed E-state index contributed by atoms with van der Waals surface area (Å²) in [6, 6.07) is 0. The molecule has 0 aromatic rings. The lowest BCUT2D eigenvalue weighted by Gasteiger charge is -1.85. The minimum atomic E-state index is 0.0856. The molecule has 0 aromatic heterocycles. The lowest BCUT2D eigenvalue weighted by molar-refractivity contribution is -0.116. The molecule has 1 amide bonds. The van der Waals surface area contributed by atoms with E-state index >= 15 is 0 Å². The molecule has 0 fully saturated rings. The van der Waals surface area contributed by atoms with Crippen LogP contribution in [-0.4, -0.2) is 12.5 Å². The van der Waals surface area contributed by atoms with Crippen LogP contribution in [0.4, 0.5) is 0 Å². The van der Waals surface area contributed by atoms with Gasteiger partial charge < -0.3 is 5.32 Å². The van der Waals surface area contributed by atoms with E-state index in [1.807, 2.05) is 13.8 Å². The molecule has 0 aliphatic carbocycles. The third-order valence-electron chi connectivity index (χ3n) is 1.49. The molecule has 1 aliphatic rings. The van der Waals surface area contributed by atoms with Crippen molar-refractivity contribution >= 4 is 5.91 Å². The topological polar surface area (TPSA) is 29.1 Å². The van der Waals surface area contributed by atoms with E-state index in [9.17, 15) is 4.79 Å². The highest BCUT2D eigenvalue weighted by molar-refractivity contribution is 5.96. The van der Waals surface area contributed by atoms with Gasteiger partial charge >= 0.3 is 0 Å². The normalized spacial score (nSPS) is 19.5. The summed E-state index contributed by atoms with van der Waals surface area (Å²) in [7, 11) is 0. The highest BCUT2D eigenvalue weighted by atomic mass is 16.1. The maximum absolute atomic E-state index is 10.6. The van der Waals surface area contributed by atoms with E-state index in [-0.39, 0.29) is 5.91 Å². The van der Waals surface area contributed by atoms with Gasteiger partial charge in [-0.1, -0.05) is 0 Å². The number of carbonyl (C=O) groups is 1. The zero-order valence-electron chi connectivity index (χ0n) is 5.12. The molecule has 1 N–H and O–H groups in total. The van der Waals surface area contributed by atoms with Crippen LogP contribution in [0, 0.1) is 0 Å². The van der Waals surface area contributed by atoms with E-state index in [2.05, 4.69) is 5.32 Å². The van der Waals surface area contributed by atoms with Crippen LogP contribution in [0.3, 0.4) is 0 Å². The monoisotopic (exact) mass is 111 g/mol. The minimum Gasteiger partial charge on any atom is -0.349 e. The number of hydrogen-bond donors (Lipinski definition) is 1. The van der Waals surface area contributed by atoms with Crippen molar-refractivity contribution in [3.8, 4) is 0 Å². The Morgan fingerprint density at radius 2 is 2.12 bits per heavy atom. The Hall–Kier alpha value is -0.790. The average molecular weight is 111 g/mol. The van der Waals surface area contributed by atoms with Crippen molar-refractivity contribution in [2.45, 2.75) is 13.8 Å². The highest BCUT2D eigenvalue weighted by Gasteiger charge is 2.13. The van der Waals surface area contributed by atoms with Gasteiger partial charge in [-0.05, 0) is 19.4 Å². The summed E-state index contributed by atoms with van der Waals surface area (Å²) < 4.78 is 0. The molecular formula is C6H9NO. The van der Waals surface area contributed by atoms with Crippen molar-refractivity contribution in [2.24, 2.45) is 0 Å². The maximum Gasteiger partial charge on any atom is 0.247 e. The predicted molar refractivity (Wildman–Crippen MR) is 31.4 cm³/mol. The Balaban J connectivity index is 2.86. The molecule has 2 heteroatoms. The van der Waals surface area contributed by atoms with Crippen LogP contribution in [0.1, 0.15) is 13.8 Å². The fourth-order valence-corrected chi connectivity index (χ4v) is 0.672. The number of rotatable bonds is 0. The second kappa shape index (κ2) is 1.62. The summed E-state index contributed by atoms with van der Waals surface area (Å²) in [6.07, 6.45) is 0. The van der Waals surface area contributed by atoms with E-state index in [1.165, 1.54) is 0 Å². The molecule has 0 unspecified atom stereocenters. The molecule has 8 heavy (non-hydrogen) atoms. The highest BCUT2D eigenvalue weighted by Crippen LogP contribution is 2.07. The van der Waals surface area contributed by atoms with Crippen LogP contribution in [0.25, 0.3) is 0 Å². The van der Waals surface area contributed by atoms with E-state index in [4.69, 9.17) is 0 Å². The standard InChI is InChI=1S/C6H9NO/c1-4-3-7-6(8)5(4)2/h3H2,1-2H3,(H,7,8). The molecule has 0 spiro atoms. The lowest BCUT2D eigenvalue weighted by atomic mass is 10.2. The molecule has 1 aliphatic heterocycles. The molecule has 1 heterocycles. The SMILES string of the molecule is CC1=C(C)C(=O)NC1. The molecule has 0 radical (unpaired) electrons. The molecule has 0 saturated carbocycles. The van der Waals surface area contributed by atoms with Gasteiger partial charge in [-0.25, -0.2) is 0 Å². The number of nitrogens with one attached hydrogen (secondary N) is 1. The second-order valence-corrected chi connectivity index (χ2v) is 2.09. The first-order valence-electron chi connectivity index (χ1n) is 2.66. The molecule has 1 rings (SSSR count). The molecule has 0 saturated heterocycles. The van der Waals surface area contributed by atoms with Gasteiger partial charge in [-0.15, -0.1) is 0 Å². The Kier molecular flexibility index (Phi) is 1.08. The maximum atomic E-state index is 10.6. The van der Waals surface area contributed by atoms with Crippen molar-refractivity contribution < 1.29 is 4.79 Å². The molecule has 0 aromatic carbocycles. The van der Waals surface area contributed by atoms with Crippen molar-refractivity contribution in [2.75, 3.05) is 6.54 Å². The van der Waals surface area contributed by atoms with E-state index in [1.54, 1.807) is 0 Å². The van der Waals surface area contributed by atoms with Gasteiger partial charge in [0.05, 0.1) is 0 Å². The quantitative estimate of drug-likeness (QED) is 0.483. The zero-order chi connectivity index (χ0) is 6.15. The molecule has 0 bridgehead atoms. The van der Waals surface area contributed by atoms with Gasteiger partial charge in [0.15, 0.2) is 0 Å². The first kappa shape index (κ1) is 5.35. The van der Waals surface area contributed by atoms with Crippen molar-refractivity contribution in [3.05, 3.63) is 11.1 Å². The Morgan fingerprint density at radius 1 is 1.50 bits per heavy atom. The fourth-order valence-electron chi connectivity index (χ4n) is 0.672. The summed E-state index contributed by atoms with van der Waals surface area (Å²) in [5, 5.41) is 2.71. The molecular weight excluding hydrogens is 102 g/mol. The number of amides is 1. The molecule has 0 atom stereocenters. The summed E-state index contributed by atoms with van der Waals surface area (Å²) in [5.74, 6) is 0.0856. The van der Waals surface area contributed by atoms with E-state index < -0.39 is 0 Å². The van der Waals surface area contributed by atoms with Crippen LogP contribution >= 0.6 is 0 Å². The smallest absolute Gasteiger partial charge is 0.247 e. The Labute approximate surface area is 48.6 Å². The first-order chi connectivity index (χ1) is 3.72. The molecule has 2 nitrogen and oxygen atoms in total. The summed E-state index contributed by atoms with van der Waals surface area (Å²) in [4.78, 5) is 10.6. The second-order valence-electron chi connectivity index (χ2n) is 2.09. The van der Waals surface area contributed by atoms with Crippen LogP contribution in [0.2, 0.25) is 0 Å². The van der Waals surface area contributed by atoms with Crippen LogP contribution < -0.4 is 5.32 Å².